The van der Waals surface area contributed by atoms with Gasteiger partial charge in [0.1, 0.15) is 12.4 Å². The standard InChI is InChI=1S/C20H30N2O6/c1-14-11-17(19(23)25-4)28-18(12-14)27-16-7-5-15(6-8-16)13-26-20(24)22(3)10-9-21-2/h5-8,14,17-18,21H,9-13H2,1-4H3. The highest BCUT2D eigenvalue weighted by molar-refractivity contribution is 5.74. The number of hydrogen-bond acceptors (Lipinski definition) is 7. The Hall–Kier alpha value is -2.32. The second-order valence-corrected chi connectivity index (χ2v) is 7.00. The summed E-state index contributed by atoms with van der Waals surface area (Å²) >= 11 is 0. The second kappa shape index (κ2) is 10.9. The molecule has 1 aliphatic heterocycles. The van der Waals surface area contributed by atoms with Crippen LogP contribution in [0, 0.1) is 5.92 Å². The van der Waals surface area contributed by atoms with E-state index in [0.29, 0.717) is 37.6 Å². The van der Waals surface area contributed by atoms with Gasteiger partial charge in [0.15, 0.2) is 6.10 Å². The maximum Gasteiger partial charge on any atom is 0.409 e. The van der Waals surface area contributed by atoms with Gasteiger partial charge in [0.05, 0.1) is 7.11 Å². The molecule has 0 aliphatic carbocycles. The number of carbonyl (C=O) groups excluding carboxylic acids is 2. The largest absolute Gasteiger partial charge is 0.467 e. The van der Waals surface area contributed by atoms with E-state index in [1.54, 1.807) is 19.2 Å². The van der Waals surface area contributed by atoms with E-state index in [1.165, 1.54) is 12.0 Å². The molecular weight excluding hydrogens is 364 g/mol. The van der Waals surface area contributed by atoms with Crippen LogP contribution in [-0.2, 0) is 25.6 Å². The van der Waals surface area contributed by atoms with Crippen LogP contribution >= 0.6 is 0 Å². The number of amides is 1. The highest BCUT2D eigenvalue weighted by atomic mass is 16.7. The number of nitrogens with one attached hydrogen (secondary N) is 1. The lowest BCUT2D eigenvalue weighted by atomic mass is 9.97. The quantitative estimate of drug-likeness (QED) is 0.676. The molecule has 1 saturated heterocycles. The molecule has 1 aromatic rings. The van der Waals surface area contributed by atoms with Gasteiger partial charge >= 0.3 is 12.1 Å². The van der Waals surface area contributed by atoms with Gasteiger partial charge in [-0.15, -0.1) is 0 Å². The lowest BCUT2D eigenvalue weighted by Crippen LogP contribution is -2.40. The van der Waals surface area contributed by atoms with Crippen molar-refractivity contribution in [2.75, 3.05) is 34.3 Å². The van der Waals surface area contributed by atoms with Gasteiger partial charge in [-0.25, -0.2) is 9.59 Å². The fourth-order valence-electron chi connectivity index (χ4n) is 2.89. The van der Waals surface area contributed by atoms with Gasteiger partial charge in [-0.3, -0.25) is 0 Å². The molecule has 3 unspecified atom stereocenters. The molecular formula is C20H30N2O6. The van der Waals surface area contributed by atoms with Gasteiger partial charge < -0.3 is 29.2 Å². The third-order valence-corrected chi connectivity index (χ3v) is 4.55. The number of carbonyl (C=O) groups is 2. The summed E-state index contributed by atoms with van der Waals surface area (Å²) in [5.41, 5.74) is 0.855. The smallest absolute Gasteiger partial charge is 0.409 e. The first kappa shape index (κ1) is 22.0. The van der Waals surface area contributed by atoms with Crippen LogP contribution < -0.4 is 10.1 Å². The molecule has 1 aromatic carbocycles. The summed E-state index contributed by atoms with van der Waals surface area (Å²) in [6.45, 7) is 3.52. The molecule has 1 heterocycles. The first-order valence-corrected chi connectivity index (χ1v) is 9.44. The van der Waals surface area contributed by atoms with Crippen molar-refractivity contribution in [3.63, 3.8) is 0 Å². The minimum atomic E-state index is -0.600. The van der Waals surface area contributed by atoms with Crippen molar-refractivity contribution in [1.82, 2.24) is 10.2 Å². The maximum atomic E-state index is 11.9. The van der Waals surface area contributed by atoms with Crippen molar-refractivity contribution in [3.05, 3.63) is 29.8 Å². The van der Waals surface area contributed by atoms with E-state index in [-0.39, 0.29) is 18.7 Å². The summed E-state index contributed by atoms with van der Waals surface area (Å²) < 4.78 is 21.6. The topological polar surface area (TPSA) is 86.3 Å². The number of ether oxygens (including phenoxy) is 4. The van der Waals surface area contributed by atoms with Crippen LogP contribution in [0.1, 0.15) is 25.3 Å². The second-order valence-electron chi connectivity index (χ2n) is 7.00. The number of esters is 1. The fraction of sp³-hybridized carbons (Fsp3) is 0.600. The van der Waals surface area contributed by atoms with E-state index >= 15 is 0 Å². The van der Waals surface area contributed by atoms with Crippen LogP contribution in [-0.4, -0.2) is 63.7 Å². The minimum absolute atomic E-state index is 0.185. The Balaban J connectivity index is 1.83. The van der Waals surface area contributed by atoms with Gasteiger partial charge in [-0.1, -0.05) is 19.1 Å². The van der Waals surface area contributed by atoms with E-state index in [0.717, 1.165) is 5.56 Å². The summed E-state index contributed by atoms with van der Waals surface area (Å²) in [6, 6.07) is 7.26. The van der Waals surface area contributed by atoms with Crippen LogP contribution in [0.5, 0.6) is 5.75 Å². The monoisotopic (exact) mass is 394 g/mol. The SMILES string of the molecule is CNCCN(C)C(=O)OCc1ccc(OC2CC(C)CC(C(=O)OC)O2)cc1. The van der Waals surface area contributed by atoms with E-state index in [4.69, 9.17) is 18.9 Å². The van der Waals surface area contributed by atoms with Crippen molar-refractivity contribution < 1.29 is 28.5 Å². The first-order valence-electron chi connectivity index (χ1n) is 9.44. The molecule has 1 N–H and O–H groups in total. The van der Waals surface area contributed by atoms with Gasteiger partial charge in [0.25, 0.3) is 0 Å². The van der Waals surface area contributed by atoms with Crippen molar-refractivity contribution >= 4 is 12.1 Å². The number of hydrogen-bond donors (Lipinski definition) is 1. The molecule has 0 spiro atoms. The zero-order valence-electron chi connectivity index (χ0n) is 17.0. The predicted octanol–water partition coefficient (Wildman–Crippen LogP) is 2.17. The highest BCUT2D eigenvalue weighted by Gasteiger charge is 2.33. The maximum absolute atomic E-state index is 11.9. The summed E-state index contributed by atoms with van der Waals surface area (Å²) in [6.07, 6.45) is -0.144. The molecule has 2 rings (SSSR count). The molecule has 3 atom stereocenters. The van der Waals surface area contributed by atoms with Gasteiger partial charge in [-0.05, 0) is 37.1 Å². The average Bonchev–Trinajstić information content (AvgIpc) is 2.70. The molecule has 1 fully saturated rings. The van der Waals surface area contributed by atoms with Crippen LogP contribution in [0.25, 0.3) is 0 Å². The third kappa shape index (κ3) is 6.69. The molecule has 0 saturated carbocycles. The van der Waals surface area contributed by atoms with E-state index in [1.807, 2.05) is 19.2 Å². The van der Waals surface area contributed by atoms with Crippen LogP contribution in [0.4, 0.5) is 4.79 Å². The number of rotatable bonds is 8. The lowest BCUT2D eigenvalue weighted by Gasteiger charge is -2.32. The lowest BCUT2D eigenvalue weighted by molar-refractivity contribution is -0.190. The molecule has 28 heavy (non-hydrogen) atoms. The summed E-state index contributed by atoms with van der Waals surface area (Å²) in [4.78, 5) is 25.1. The number of methoxy groups -OCH3 is 1. The number of likely N-dealkylation sites (N-methyl/N-ethyl adjacent to an activating group) is 2. The van der Waals surface area contributed by atoms with Gasteiger partial charge in [0.2, 0.25) is 6.29 Å². The average molecular weight is 394 g/mol. The molecule has 0 aromatic heterocycles. The van der Waals surface area contributed by atoms with Crippen molar-refractivity contribution in [3.8, 4) is 5.75 Å². The first-order chi connectivity index (χ1) is 13.4. The Morgan fingerprint density at radius 3 is 2.61 bits per heavy atom. The Bertz CT molecular complexity index is 636. The van der Waals surface area contributed by atoms with Crippen molar-refractivity contribution in [2.24, 2.45) is 5.92 Å². The molecule has 8 nitrogen and oxygen atoms in total. The van der Waals surface area contributed by atoms with Crippen molar-refractivity contribution in [1.29, 1.82) is 0 Å². The third-order valence-electron chi connectivity index (χ3n) is 4.55. The molecule has 0 radical (unpaired) electrons. The Kier molecular flexibility index (Phi) is 8.53. The molecule has 8 heteroatoms. The zero-order chi connectivity index (χ0) is 20.5. The van der Waals surface area contributed by atoms with Crippen LogP contribution in [0.3, 0.4) is 0 Å². The predicted molar refractivity (Wildman–Crippen MR) is 103 cm³/mol. The van der Waals surface area contributed by atoms with Crippen LogP contribution in [0.15, 0.2) is 24.3 Å². The summed E-state index contributed by atoms with van der Waals surface area (Å²) in [5.74, 6) is 0.544. The Labute approximate surface area is 166 Å². The molecule has 1 amide bonds. The summed E-state index contributed by atoms with van der Waals surface area (Å²) in [5, 5.41) is 2.98. The van der Waals surface area contributed by atoms with Gasteiger partial charge in [0, 0.05) is 26.6 Å². The fourth-order valence-corrected chi connectivity index (χ4v) is 2.89. The number of benzene rings is 1. The molecule has 156 valence electrons. The number of nitrogens with zero attached hydrogens (tertiary/aromatic N) is 1. The normalized spacial score (nSPS) is 21.6. The van der Waals surface area contributed by atoms with Crippen LogP contribution in [0.2, 0.25) is 0 Å². The van der Waals surface area contributed by atoms with E-state index < -0.39 is 12.4 Å². The highest BCUT2D eigenvalue weighted by Crippen LogP contribution is 2.27. The van der Waals surface area contributed by atoms with E-state index in [2.05, 4.69) is 12.2 Å². The van der Waals surface area contributed by atoms with Crippen molar-refractivity contribution in [2.45, 2.75) is 38.8 Å². The Morgan fingerprint density at radius 1 is 1.25 bits per heavy atom. The minimum Gasteiger partial charge on any atom is -0.467 e. The summed E-state index contributed by atoms with van der Waals surface area (Å²) in [7, 11) is 4.88. The van der Waals surface area contributed by atoms with Gasteiger partial charge in [-0.2, -0.15) is 0 Å². The molecule has 1 aliphatic rings. The Morgan fingerprint density at radius 2 is 1.96 bits per heavy atom. The molecule has 0 bridgehead atoms. The van der Waals surface area contributed by atoms with E-state index in [9.17, 15) is 9.59 Å². The zero-order valence-corrected chi connectivity index (χ0v) is 17.0.